The van der Waals surface area contributed by atoms with Crippen LogP contribution in [-0.2, 0) is 9.47 Å². The third kappa shape index (κ3) is 5.55. The number of guanidine groups is 1. The number of aliphatic imine (C=N–C) groups is 1. The Morgan fingerprint density at radius 1 is 1.28 bits per heavy atom. The number of rotatable bonds is 9. The summed E-state index contributed by atoms with van der Waals surface area (Å²) in [6.45, 7) is 5.21. The molecule has 0 aliphatic carbocycles. The van der Waals surface area contributed by atoms with Crippen molar-refractivity contribution in [2.45, 2.75) is 38.3 Å². The van der Waals surface area contributed by atoms with Crippen molar-refractivity contribution in [3.05, 3.63) is 35.4 Å². The summed E-state index contributed by atoms with van der Waals surface area (Å²) in [6, 6.07) is 7.10. The topological polar surface area (TPSA) is 92.3 Å². The summed E-state index contributed by atoms with van der Waals surface area (Å²) in [5.74, 6) is 0.319. The zero-order valence-corrected chi connectivity index (χ0v) is 17.1. The Bertz CT molecular complexity index is 711. The Morgan fingerprint density at radius 2 is 2.00 bits per heavy atom. The highest BCUT2D eigenvalue weighted by molar-refractivity contribution is 6.21. The fraction of sp³-hybridized carbons (Fsp3) is 0.571. The molecular weight excluding hydrogens is 372 g/mol. The van der Waals surface area contributed by atoms with Crippen molar-refractivity contribution in [1.29, 1.82) is 0 Å². The maximum absolute atomic E-state index is 12.3. The first-order valence-electron chi connectivity index (χ1n) is 10.2. The van der Waals surface area contributed by atoms with Gasteiger partial charge in [-0.25, -0.2) is 0 Å². The average molecular weight is 402 g/mol. The van der Waals surface area contributed by atoms with Crippen LogP contribution in [0.2, 0.25) is 0 Å². The van der Waals surface area contributed by atoms with Gasteiger partial charge in [0.05, 0.1) is 30.4 Å². The Morgan fingerprint density at radius 3 is 2.62 bits per heavy atom. The Hall–Kier alpha value is -2.45. The lowest BCUT2D eigenvalue weighted by atomic mass is 10.1. The van der Waals surface area contributed by atoms with Crippen LogP contribution >= 0.6 is 0 Å². The molecule has 1 fully saturated rings. The maximum atomic E-state index is 12.3. The number of nitrogens with zero attached hydrogens (tertiary/aromatic N) is 2. The molecule has 2 amide bonds. The van der Waals surface area contributed by atoms with E-state index in [2.05, 4.69) is 15.6 Å². The van der Waals surface area contributed by atoms with Gasteiger partial charge in [0.25, 0.3) is 11.8 Å². The Kier molecular flexibility index (Phi) is 7.60. The first-order chi connectivity index (χ1) is 14.1. The number of nitrogens with one attached hydrogen (secondary N) is 2. The molecule has 0 saturated carbocycles. The van der Waals surface area contributed by atoms with E-state index < -0.39 is 0 Å². The van der Waals surface area contributed by atoms with Gasteiger partial charge in [-0.3, -0.25) is 19.5 Å². The van der Waals surface area contributed by atoms with Crippen molar-refractivity contribution in [3.8, 4) is 0 Å². The van der Waals surface area contributed by atoms with Gasteiger partial charge in [-0.1, -0.05) is 12.1 Å². The number of carbonyl (C=O) groups excluding carboxylic acids is 2. The van der Waals surface area contributed by atoms with Gasteiger partial charge < -0.3 is 20.1 Å². The average Bonchev–Trinajstić information content (AvgIpc) is 3.34. The number of unbranched alkanes of at least 4 members (excludes halogenated alkanes) is 1. The zero-order valence-electron chi connectivity index (χ0n) is 17.1. The number of hydrogen-bond acceptors (Lipinski definition) is 5. The quantitative estimate of drug-likeness (QED) is 0.281. The predicted octanol–water partition coefficient (Wildman–Crippen LogP) is 1.42. The van der Waals surface area contributed by atoms with Crippen LogP contribution in [-0.4, -0.2) is 74.8 Å². The zero-order chi connectivity index (χ0) is 20.6. The number of ether oxygens (including phenoxy) is 2. The number of fused-ring (bicyclic) bond motifs is 1. The molecule has 0 spiro atoms. The lowest BCUT2D eigenvalue weighted by molar-refractivity contribution is 0.0347. The van der Waals surface area contributed by atoms with E-state index in [0.717, 1.165) is 25.9 Å². The summed E-state index contributed by atoms with van der Waals surface area (Å²) >= 11 is 0. The van der Waals surface area contributed by atoms with Crippen molar-refractivity contribution in [2.24, 2.45) is 4.99 Å². The molecule has 8 nitrogen and oxygen atoms in total. The van der Waals surface area contributed by atoms with Crippen molar-refractivity contribution in [1.82, 2.24) is 15.5 Å². The van der Waals surface area contributed by atoms with Crippen molar-refractivity contribution >= 4 is 17.8 Å². The van der Waals surface area contributed by atoms with Crippen LogP contribution in [0.15, 0.2) is 29.3 Å². The minimum Gasteiger partial charge on any atom is -0.379 e. The fourth-order valence-electron chi connectivity index (χ4n) is 3.44. The van der Waals surface area contributed by atoms with Gasteiger partial charge in [-0.2, -0.15) is 0 Å². The highest BCUT2D eigenvalue weighted by atomic mass is 16.5. The van der Waals surface area contributed by atoms with E-state index in [0.29, 0.717) is 43.4 Å². The number of amides is 2. The molecule has 158 valence electrons. The number of hydrogen-bond donors (Lipinski definition) is 2. The molecule has 2 heterocycles. The molecule has 2 N–H and O–H groups in total. The normalized spacial score (nSPS) is 20.1. The molecule has 1 aromatic rings. The first-order valence-corrected chi connectivity index (χ1v) is 10.2. The van der Waals surface area contributed by atoms with Gasteiger partial charge in [0.15, 0.2) is 5.96 Å². The van der Waals surface area contributed by atoms with E-state index >= 15 is 0 Å². The molecule has 2 unspecified atom stereocenters. The van der Waals surface area contributed by atoms with Crippen LogP contribution in [0.3, 0.4) is 0 Å². The van der Waals surface area contributed by atoms with E-state index in [4.69, 9.17) is 9.47 Å². The molecule has 2 aliphatic rings. The lowest BCUT2D eigenvalue weighted by Crippen LogP contribution is -2.44. The van der Waals surface area contributed by atoms with Gasteiger partial charge in [0.2, 0.25) is 0 Å². The second kappa shape index (κ2) is 10.4. The standard InChI is InChI=1S/C21H30N4O4/c1-15(13-29-16-9-12-28-14-16)24-21(22-2)23-10-5-6-11-25-19(26)17-7-3-4-8-18(17)20(25)27/h3-4,7-8,15-16H,5-6,9-14H2,1-2H3,(H2,22,23,24). The highest BCUT2D eigenvalue weighted by Crippen LogP contribution is 2.22. The van der Waals surface area contributed by atoms with Gasteiger partial charge in [-0.15, -0.1) is 0 Å². The third-order valence-corrected chi connectivity index (χ3v) is 5.06. The molecule has 0 aromatic heterocycles. The van der Waals surface area contributed by atoms with Crippen LogP contribution in [0.1, 0.15) is 46.9 Å². The number of benzene rings is 1. The molecule has 8 heteroatoms. The van der Waals surface area contributed by atoms with E-state index in [1.165, 1.54) is 4.90 Å². The van der Waals surface area contributed by atoms with Gasteiger partial charge in [0.1, 0.15) is 0 Å². The fourth-order valence-corrected chi connectivity index (χ4v) is 3.44. The molecule has 2 aliphatic heterocycles. The van der Waals surface area contributed by atoms with Crippen LogP contribution in [0.5, 0.6) is 0 Å². The van der Waals surface area contributed by atoms with E-state index in [1.54, 1.807) is 31.3 Å². The summed E-state index contributed by atoms with van der Waals surface area (Å²) in [7, 11) is 1.73. The summed E-state index contributed by atoms with van der Waals surface area (Å²) in [5.41, 5.74) is 1.00. The van der Waals surface area contributed by atoms with Crippen molar-refractivity contribution in [3.63, 3.8) is 0 Å². The van der Waals surface area contributed by atoms with Crippen molar-refractivity contribution < 1.29 is 19.1 Å². The van der Waals surface area contributed by atoms with E-state index in [9.17, 15) is 9.59 Å². The number of carbonyl (C=O) groups is 2. The largest absolute Gasteiger partial charge is 0.379 e. The summed E-state index contributed by atoms with van der Waals surface area (Å²) in [5, 5.41) is 6.57. The maximum Gasteiger partial charge on any atom is 0.261 e. The van der Waals surface area contributed by atoms with Gasteiger partial charge >= 0.3 is 0 Å². The Labute approximate surface area is 171 Å². The minimum absolute atomic E-state index is 0.125. The molecule has 29 heavy (non-hydrogen) atoms. The summed E-state index contributed by atoms with van der Waals surface area (Å²) < 4.78 is 11.1. The van der Waals surface area contributed by atoms with Crippen LogP contribution in [0.25, 0.3) is 0 Å². The first kappa shape index (κ1) is 21.3. The molecule has 3 rings (SSSR count). The minimum atomic E-state index is -0.197. The lowest BCUT2D eigenvalue weighted by Gasteiger charge is -2.20. The third-order valence-electron chi connectivity index (χ3n) is 5.06. The monoisotopic (exact) mass is 402 g/mol. The molecule has 1 saturated heterocycles. The molecule has 2 atom stereocenters. The van der Waals surface area contributed by atoms with Crippen LogP contribution < -0.4 is 10.6 Å². The second-order valence-electron chi connectivity index (χ2n) is 7.38. The molecule has 1 aromatic carbocycles. The Balaban J connectivity index is 1.32. The van der Waals surface area contributed by atoms with E-state index in [-0.39, 0.29) is 24.0 Å². The van der Waals surface area contributed by atoms with Gasteiger partial charge in [0, 0.05) is 32.8 Å². The second-order valence-corrected chi connectivity index (χ2v) is 7.38. The number of imide groups is 1. The summed E-state index contributed by atoms with van der Waals surface area (Å²) in [4.78, 5) is 30.3. The smallest absolute Gasteiger partial charge is 0.261 e. The molecule has 0 radical (unpaired) electrons. The van der Waals surface area contributed by atoms with E-state index in [1.807, 2.05) is 6.92 Å². The molecular formula is C21H30N4O4. The van der Waals surface area contributed by atoms with Crippen molar-refractivity contribution in [2.75, 3.05) is 40.0 Å². The van der Waals surface area contributed by atoms with Crippen LogP contribution in [0.4, 0.5) is 0 Å². The molecule has 0 bridgehead atoms. The van der Waals surface area contributed by atoms with Crippen LogP contribution in [0, 0.1) is 0 Å². The predicted molar refractivity (Wildman–Crippen MR) is 110 cm³/mol. The highest BCUT2D eigenvalue weighted by Gasteiger charge is 2.34. The van der Waals surface area contributed by atoms with Gasteiger partial charge in [-0.05, 0) is 38.3 Å². The summed E-state index contributed by atoms with van der Waals surface area (Å²) in [6.07, 6.45) is 2.69. The SMILES string of the molecule is CN=C(NCCCCN1C(=O)c2ccccc2C1=O)NC(C)COC1CCOC1.